The molecule has 1 heterocycles. The normalized spacial score (nSPS) is 13.8. The Balaban J connectivity index is 1.61. The van der Waals surface area contributed by atoms with E-state index in [9.17, 15) is 14.7 Å². The van der Waals surface area contributed by atoms with Crippen LogP contribution >= 0.6 is 0 Å². The van der Waals surface area contributed by atoms with Crippen molar-refractivity contribution in [2.24, 2.45) is 5.92 Å². The van der Waals surface area contributed by atoms with Gasteiger partial charge in [0.05, 0.1) is 11.4 Å². The van der Waals surface area contributed by atoms with Gasteiger partial charge in [-0.3, -0.25) is 4.79 Å². The molecule has 1 aliphatic carbocycles. The second kappa shape index (κ2) is 10.8. The zero-order valence-corrected chi connectivity index (χ0v) is 20.7. The number of phenols is 1. The van der Waals surface area contributed by atoms with E-state index in [1.807, 2.05) is 51.1 Å². The van der Waals surface area contributed by atoms with Gasteiger partial charge in [0, 0.05) is 30.1 Å². The molecular formula is C28H34N4O3. The SMILES string of the molecule is Cc1cccc(CNC(=O)n2nc(-c3cc(NC(=O)CC(C)C)ccc3O)cc2C2CCCC2)c1. The number of aromatic nitrogens is 2. The Morgan fingerprint density at radius 2 is 1.89 bits per heavy atom. The van der Waals surface area contributed by atoms with Crippen LogP contribution in [-0.2, 0) is 11.3 Å². The second-order valence-corrected chi connectivity index (χ2v) is 9.87. The van der Waals surface area contributed by atoms with Crippen molar-refractivity contribution < 1.29 is 14.7 Å². The number of aromatic hydroxyl groups is 1. The maximum atomic E-state index is 13.2. The minimum atomic E-state index is -0.291. The van der Waals surface area contributed by atoms with Crippen LogP contribution < -0.4 is 10.6 Å². The van der Waals surface area contributed by atoms with Crippen molar-refractivity contribution >= 4 is 17.6 Å². The van der Waals surface area contributed by atoms with Crippen molar-refractivity contribution in [3.63, 3.8) is 0 Å². The topological polar surface area (TPSA) is 96.3 Å². The molecule has 0 unspecified atom stereocenters. The molecule has 3 N–H and O–H groups in total. The van der Waals surface area contributed by atoms with E-state index in [2.05, 4.69) is 15.7 Å². The van der Waals surface area contributed by atoms with Gasteiger partial charge in [-0.2, -0.15) is 9.78 Å². The van der Waals surface area contributed by atoms with E-state index in [1.54, 1.807) is 18.2 Å². The molecule has 1 aliphatic rings. The Morgan fingerprint density at radius 1 is 1.11 bits per heavy atom. The molecule has 3 aromatic rings. The minimum Gasteiger partial charge on any atom is -0.507 e. The zero-order chi connectivity index (χ0) is 24.9. The summed E-state index contributed by atoms with van der Waals surface area (Å²) in [7, 11) is 0. The smallest absolute Gasteiger partial charge is 0.342 e. The van der Waals surface area contributed by atoms with Crippen LogP contribution in [0.1, 0.15) is 68.7 Å². The van der Waals surface area contributed by atoms with Crippen molar-refractivity contribution in [1.82, 2.24) is 15.1 Å². The fourth-order valence-corrected chi connectivity index (χ4v) is 4.68. The molecule has 0 aliphatic heterocycles. The molecule has 0 spiro atoms. The van der Waals surface area contributed by atoms with Gasteiger partial charge in [0.1, 0.15) is 5.75 Å². The van der Waals surface area contributed by atoms with Gasteiger partial charge in [-0.15, -0.1) is 0 Å². The van der Waals surface area contributed by atoms with Crippen LogP contribution in [0.5, 0.6) is 5.75 Å². The van der Waals surface area contributed by atoms with E-state index in [1.165, 1.54) is 4.68 Å². The minimum absolute atomic E-state index is 0.0506. The van der Waals surface area contributed by atoms with Crippen LogP contribution in [0.4, 0.5) is 10.5 Å². The first-order valence-electron chi connectivity index (χ1n) is 12.4. The summed E-state index contributed by atoms with van der Waals surface area (Å²) in [6.07, 6.45) is 4.68. The zero-order valence-electron chi connectivity index (χ0n) is 20.7. The summed E-state index contributed by atoms with van der Waals surface area (Å²) >= 11 is 0. The van der Waals surface area contributed by atoms with Crippen LogP contribution in [0.25, 0.3) is 11.3 Å². The lowest BCUT2D eigenvalue weighted by Crippen LogP contribution is -2.30. The molecule has 4 rings (SSSR count). The molecule has 0 bridgehead atoms. The number of hydrogen-bond acceptors (Lipinski definition) is 4. The number of rotatable bonds is 7. The van der Waals surface area contributed by atoms with Gasteiger partial charge in [0.25, 0.3) is 0 Å². The first kappa shape index (κ1) is 24.5. The summed E-state index contributed by atoms with van der Waals surface area (Å²) in [5.74, 6) is 0.464. The van der Waals surface area contributed by atoms with Crippen LogP contribution in [0.15, 0.2) is 48.5 Å². The van der Waals surface area contributed by atoms with E-state index in [4.69, 9.17) is 0 Å². The van der Waals surface area contributed by atoms with Crippen LogP contribution in [0, 0.1) is 12.8 Å². The van der Waals surface area contributed by atoms with E-state index >= 15 is 0 Å². The molecule has 2 amide bonds. The Hall–Kier alpha value is -3.61. The van der Waals surface area contributed by atoms with E-state index in [0.717, 1.165) is 42.5 Å². The summed E-state index contributed by atoms with van der Waals surface area (Å²) in [5.41, 5.74) is 4.60. The molecule has 1 aromatic heterocycles. The molecule has 7 heteroatoms. The van der Waals surface area contributed by atoms with Gasteiger partial charge in [-0.05, 0) is 55.5 Å². The number of carbonyl (C=O) groups is 2. The highest BCUT2D eigenvalue weighted by Crippen LogP contribution is 2.38. The Kier molecular flexibility index (Phi) is 7.54. The lowest BCUT2D eigenvalue weighted by Gasteiger charge is -2.12. The number of carbonyl (C=O) groups excluding carboxylic acids is 2. The number of benzene rings is 2. The predicted molar refractivity (Wildman–Crippen MR) is 137 cm³/mol. The number of nitrogens with one attached hydrogen (secondary N) is 2. The maximum Gasteiger partial charge on any atom is 0.342 e. The molecule has 1 saturated carbocycles. The molecular weight excluding hydrogens is 440 g/mol. The molecule has 184 valence electrons. The number of phenolic OH excluding ortho intramolecular Hbond substituents is 1. The van der Waals surface area contributed by atoms with Gasteiger partial charge < -0.3 is 15.7 Å². The Morgan fingerprint density at radius 3 is 2.60 bits per heavy atom. The number of hydrogen-bond donors (Lipinski definition) is 3. The Bertz CT molecular complexity index is 1210. The van der Waals surface area contributed by atoms with Gasteiger partial charge >= 0.3 is 6.03 Å². The summed E-state index contributed by atoms with van der Waals surface area (Å²) in [5, 5.41) is 21.1. The number of anilines is 1. The average molecular weight is 475 g/mol. The van der Waals surface area contributed by atoms with Crippen molar-refractivity contribution in [3.8, 4) is 17.0 Å². The van der Waals surface area contributed by atoms with Gasteiger partial charge in [0.2, 0.25) is 5.91 Å². The average Bonchev–Trinajstić information content (AvgIpc) is 3.48. The third kappa shape index (κ3) is 6.10. The molecule has 0 saturated heterocycles. The van der Waals surface area contributed by atoms with E-state index in [0.29, 0.717) is 29.9 Å². The quantitative estimate of drug-likeness (QED) is 0.368. The van der Waals surface area contributed by atoms with E-state index in [-0.39, 0.29) is 29.5 Å². The van der Waals surface area contributed by atoms with Crippen molar-refractivity contribution in [1.29, 1.82) is 0 Å². The van der Waals surface area contributed by atoms with Crippen LogP contribution in [0.3, 0.4) is 0 Å². The van der Waals surface area contributed by atoms with Crippen LogP contribution in [0.2, 0.25) is 0 Å². The number of aryl methyl sites for hydroxylation is 1. The molecule has 0 radical (unpaired) electrons. The van der Waals surface area contributed by atoms with E-state index < -0.39 is 0 Å². The number of nitrogens with zero attached hydrogens (tertiary/aromatic N) is 2. The predicted octanol–water partition coefficient (Wildman–Crippen LogP) is 5.96. The first-order valence-corrected chi connectivity index (χ1v) is 12.4. The highest BCUT2D eigenvalue weighted by atomic mass is 16.3. The first-order chi connectivity index (χ1) is 16.8. The summed E-state index contributed by atoms with van der Waals surface area (Å²) in [4.78, 5) is 25.4. The summed E-state index contributed by atoms with van der Waals surface area (Å²) < 4.78 is 1.45. The second-order valence-electron chi connectivity index (χ2n) is 9.87. The maximum absolute atomic E-state index is 13.2. The van der Waals surface area contributed by atoms with Crippen molar-refractivity contribution in [2.45, 2.75) is 65.3 Å². The lowest BCUT2D eigenvalue weighted by molar-refractivity contribution is -0.116. The fraction of sp³-hybridized carbons (Fsp3) is 0.393. The molecule has 2 aromatic carbocycles. The summed E-state index contributed by atoms with van der Waals surface area (Å²) in [6, 6.07) is 14.6. The van der Waals surface area contributed by atoms with Gasteiger partial charge in [-0.25, -0.2) is 4.79 Å². The monoisotopic (exact) mass is 474 g/mol. The van der Waals surface area contributed by atoms with Gasteiger partial charge in [0.15, 0.2) is 0 Å². The van der Waals surface area contributed by atoms with Crippen LogP contribution in [-0.4, -0.2) is 26.8 Å². The molecule has 0 atom stereocenters. The standard InChI is InChI=1S/C28H34N4O3/c1-18(2)13-27(34)30-22-11-12-26(33)23(15-22)24-16-25(21-9-4-5-10-21)32(31-24)28(35)29-17-20-8-6-7-19(3)14-20/h6-8,11-12,14-16,18,21,33H,4-5,9-10,13,17H2,1-3H3,(H,29,35)(H,30,34). The highest BCUT2D eigenvalue weighted by molar-refractivity contribution is 5.92. The third-order valence-electron chi connectivity index (χ3n) is 6.38. The van der Waals surface area contributed by atoms with Crippen molar-refractivity contribution in [3.05, 3.63) is 65.4 Å². The molecule has 1 fully saturated rings. The largest absolute Gasteiger partial charge is 0.507 e. The molecule has 7 nitrogen and oxygen atoms in total. The third-order valence-corrected chi connectivity index (χ3v) is 6.38. The Labute approximate surface area is 206 Å². The molecule has 35 heavy (non-hydrogen) atoms. The number of amides is 2. The van der Waals surface area contributed by atoms with Gasteiger partial charge in [-0.1, -0.05) is 56.5 Å². The summed E-state index contributed by atoms with van der Waals surface area (Å²) in [6.45, 7) is 6.41. The lowest BCUT2D eigenvalue weighted by atomic mass is 10.0. The van der Waals surface area contributed by atoms with Crippen molar-refractivity contribution in [2.75, 3.05) is 5.32 Å². The fourth-order valence-electron chi connectivity index (χ4n) is 4.68. The highest BCUT2D eigenvalue weighted by Gasteiger charge is 2.26.